The molecule has 2 atom stereocenters. The summed E-state index contributed by atoms with van der Waals surface area (Å²) in [5.74, 6) is 2.20. The van der Waals surface area contributed by atoms with Crippen LogP contribution in [0.3, 0.4) is 0 Å². The van der Waals surface area contributed by atoms with Crippen molar-refractivity contribution in [2.24, 2.45) is 0 Å². The van der Waals surface area contributed by atoms with Crippen LogP contribution >= 0.6 is 15.9 Å². The molecule has 0 saturated heterocycles. The van der Waals surface area contributed by atoms with Gasteiger partial charge in [0.2, 0.25) is 0 Å². The van der Waals surface area contributed by atoms with Crippen LogP contribution in [0, 0.1) is 0 Å². The van der Waals surface area contributed by atoms with Crippen LogP contribution in [-0.4, -0.2) is 7.11 Å². The van der Waals surface area contributed by atoms with Crippen molar-refractivity contribution in [3.8, 4) is 11.5 Å². The highest BCUT2D eigenvalue weighted by Gasteiger charge is 2.32. The Labute approximate surface area is 121 Å². The van der Waals surface area contributed by atoms with Gasteiger partial charge < -0.3 is 9.47 Å². The van der Waals surface area contributed by atoms with Gasteiger partial charge in [0, 0.05) is 16.0 Å². The maximum absolute atomic E-state index is 6.07. The molecule has 0 saturated carbocycles. The molecule has 0 aromatic heterocycles. The van der Waals surface area contributed by atoms with Crippen molar-refractivity contribution >= 4 is 15.9 Å². The van der Waals surface area contributed by atoms with Gasteiger partial charge in [-0.15, -0.1) is 0 Å². The van der Waals surface area contributed by atoms with Gasteiger partial charge >= 0.3 is 0 Å². The minimum absolute atomic E-state index is 0.0789. The van der Waals surface area contributed by atoms with Crippen molar-refractivity contribution in [3.63, 3.8) is 0 Å². The zero-order valence-electron chi connectivity index (χ0n) is 10.9. The van der Waals surface area contributed by atoms with E-state index in [4.69, 9.17) is 9.47 Å². The molecule has 0 aliphatic carbocycles. The fourth-order valence-corrected chi connectivity index (χ4v) is 2.91. The van der Waals surface area contributed by atoms with Crippen LogP contribution in [0.25, 0.3) is 0 Å². The molecule has 0 unspecified atom stereocenters. The molecule has 3 heteroatoms. The van der Waals surface area contributed by atoms with Crippen molar-refractivity contribution in [1.29, 1.82) is 0 Å². The fourth-order valence-electron chi connectivity index (χ4n) is 2.53. The van der Waals surface area contributed by atoms with Crippen LogP contribution in [0.1, 0.15) is 30.1 Å². The van der Waals surface area contributed by atoms with E-state index < -0.39 is 0 Å². The second kappa shape index (κ2) is 4.89. The zero-order chi connectivity index (χ0) is 13.4. The number of halogens is 1. The number of hydrogen-bond acceptors (Lipinski definition) is 2. The van der Waals surface area contributed by atoms with Crippen LogP contribution in [0.15, 0.2) is 46.9 Å². The topological polar surface area (TPSA) is 18.5 Å². The van der Waals surface area contributed by atoms with E-state index in [9.17, 15) is 0 Å². The van der Waals surface area contributed by atoms with Gasteiger partial charge in [-0.3, -0.25) is 0 Å². The molecule has 19 heavy (non-hydrogen) atoms. The Morgan fingerprint density at radius 2 is 1.84 bits per heavy atom. The third-order valence-electron chi connectivity index (χ3n) is 3.61. The molecular formula is C16H15BrO2. The van der Waals surface area contributed by atoms with Gasteiger partial charge in [-0.25, -0.2) is 0 Å². The van der Waals surface area contributed by atoms with E-state index in [1.54, 1.807) is 7.11 Å². The number of ether oxygens (including phenoxy) is 2. The maximum Gasteiger partial charge on any atom is 0.130 e. The molecule has 1 aliphatic heterocycles. The lowest BCUT2D eigenvalue weighted by atomic mass is 9.93. The third kappa shape index (κ3) is 2.23. The largest absolute Gasteiger partial charge is 0.497 e. The highest BCUT2D eigenvalue weighted by molar-refractivity contribution is 9.10. The van der Waals surface area contributed by atoms with E-state index in [1.807, 2.05) is 24.3 Å². The first kappa shape index (κ1) is 12.5. The lowest BCUT2D eigenvalue weighted by Gasteiger charge is -2.16. The van der Waals surface area contributed by atoms with Crippen LogP contribution < -0.4 is 9.47 Å². The average Bonchev–Trinajstić information content (AvgIpc) is 2.76. The van der Waals surface area contributed by atoms with Gasteiger partial charge in [0.25, 0.3) is 0 Å². The molecule has 0 radical (unpaired) electrons. The van der Waals surface area contributed by atoms with Crippen LogP contribution in [0.4, 0.5) is 0 Å². The van der Waals surface area contributed by atoms with Gasteiger partial charge in [0.05, 0.1) is 7.11 Å². The lowest BCUT2D eigenvalue weighted by Crippen LogP contribution is -2.07. The summed E-state index contributed by atoms with van der Waals surface area (Å²) in [4.78, 5) is 0. The second-order valence-corrected chi connectivity index (χ2v) is 5.70. The first-order valence-electron chi connectivity index (χ1n) is 6.29. The summed E-state index contributed by atoms with van der Waals surface area (Å²) in [5, 5.41) is 0. The van der Waals surface area contributed by atoms with Crippen molar-refractivity contribution < 1.29 is 9.47 Å². The minimum atomic E-state index is 0.0789. The average molecular weight is 319 g/mol. The molecule has 0 amide bonds. The standard InChI is InChI=1S/C16H15BrO2/c1-10-14-9-12(17)5-8-15(14)19-16(10)11-3-6-13(18-2)7-4-11/h3-10,16H,1-2H3/t10-,16-/m1/s1. The summed E-state index contributed by atoms with van der Waals surface area (Å²) in [6.07, 6.45) is 0.0789. The fraction of sp³-hybridized carbons (Fsp3) is 0.250. The molecule has 2 aromatic rings. The number of rotatable bonds is 2. The van der Waals surface area contributed by atoms with E-state index in [0.29, 0.717) is 5.92 Å². The Kier molecular flexibility index (Phi) is 3.23. The molecule has 0 spiro atoms. The summed E-state index contributed by atoms with van der Waals surface area (Å²) < 4.78 is 12.4. The Morgan fingerprint density at radius 1 is 1.11 bits per heavy atom. The smallest absolute Gasteiger partial charge is 0.130 e. The first-order valence-corrected chi connectivity index (χ1v) is 7.08. The van der Waals surface area contributed by atoms with Crippen molar-refractivity contribution in [2.75, 3.05) is 7.11 Å². The Balaban J connectivity index is 1.92. The van der Waals surface area contributed by atoms with E-state index >= 15 is 0 Å². The molecule has 2 nitrogen and oxygen atoms in total. The molecule has 98 valence electrons. The lowest BCUT2D eigenvalue weighted by molar-refractivity contribution is 0.216. The van der Waals surface area contributed by atoms with E-state index in [-0.39, 0.29) is 6.10 Å². The van der Waals surface area contributed by atoms with E-state index in [0.717, 1.165) is 16.0 Å². The first-order chi connectivity index (χ1) is 9.19. The summed E-state index contributed by atoms with van der Waals surface area (Å²) in [5.41, 5.74) is 2.44. The third-order valence-corrected chi connectivity index (χ3v) is 4.11. The highest BCUT2D eigenvalue weighted by atomic mass is 79.9. The highest BCUT2D eigenvalue weighted by Crippen LogP contribution is 2.46. The number of methoxy groups -OCH3 is 1. The van der Waals surface area contributed by atoms with Crippen molar-refractivity contribution in [2.45, 2.75) is 18.9 Å². The van der Waals surface area contributed by atoms with Gasteiger partial charge in [-0.05, 0) is 35.9 Å². The molecule has 0 fully saturated rings. The predicted molar refractivity (Wildman–Crippen MR) is 78.9 cm³/mol. The van der Waals surface area contributed by atoms with Gasteiger partial charge in [0.1, 0.15) is 17.6 Å². The SMILES string of the molecule is COc1ccc([C@@H]2Oc3ccc(Br)cc3[C@H]2C)cc1. The Morgan fingerprint density at radius 3 is 2.53 bits per heavy atom. The summed E-state index contributed by atoms with van der Waals surface area (Å²) in [6.45, 7) is 2.20. The normalized spacial score (nSPS) is 20.8. The Bertz CT molecular complexity index is 592. The van der Waals surface area contributed by atoms with Crippen LogP contribution in [0.5, 0.6) is 11.5 Å². The Hall–Kier alpha value is -1.48. The van der Waals surface area contributed by atoms with E-state index in [2.05, 4.69) is 41.1 Å². The van der Waals surface area contributed by atoms with Crippen molar-refractivity contribution in [3.05, 3.63) is 58.1 Å². The molecule has 0 bridgehead atoms. The van der Waals surface area contributed by atoms with Crippen molar-refractivity contribution in [1.82, 2.24) is 0 Å². The zero-order valence-corrected chi connectivity index (χ0v) is 12.5. The molecule has 2 aromatic carbocycles. The van der Waals surface area contributed by atoms with Crippen LogP contribution in [-0.2, 0) is 0 Å². The predicted octanol–water partition coefficient (Wildman–Crippen LogP) is 4.69. The molecular weight excluding hydrogens is 304 g/mol. The molecule has 1 aliphatic rings. The molecule has 3 rings (SSSR count). The second-order valence-electron chi connectivity index (χ2n) is 4.78. The number of hydrogen-bond donors (Lipinski definition) is 0. The minimum Gasteiger partial charge on any atom is -0.497 e. The number of fused-ring (bicyclic) bond motifs is 1. The number of benzene rings is 2. The summed E-state index contributed by atoms with van der Waals surface area (Å²) in [6, 6.07) is 14.3. The molecule has 1 heterocycles. The van der Waals surface area contributed by atoms with Crippen LogP contribution in [0.2, 0.25) is 0 Å². The monoisotopic (exact) mass is 318 g/mol. The summed E-state index contributed by atoms with van der Waals surface area (Å²) in [7, 11) is 1.68. The van der Waals surface area contributed by atoms with Gasteiger partial charge in [-0.1, -0.05) is 35.0 Å². The summed E-state index contributed by atoms with van der Waals surface area (Å²) >= 11 is 3.52. The quantitative estimate of drug-likeness (QED) is 0.799. The van der Waals surface area contributed by atoms with Gasteiger partial charge in [-0.2, -0.15) is 0 Å². The molecule has 0 N–H and O–H groups in total. The maximum atomic E-state index is 6.07. The van der Waals surface area contributed by atoms with Gasteiger partial charge in [0.15, 0.2) is 0 Å². The van der Waals surface area contributed by atoms with E-state index in [1.165, 1.54) is 11.1 Å².